The zero-order valence-electron chi connectivity index (χ0n) is 13.7. The maximum atomic E-state index is 4.83. The molecule has 0 fully saturated rings. The monoisotopic (exact) mass is 388 g/mol. The molecule has 1 aromatic heterocycles. The van der Waals surface area contributed by atoms with Crippen LogP contribution in [0.1, 0.15) is 18.5 Å². The van der Waals surface area contributed by atoms with E-state index in [9.17, 15) is 0 Å². The molecule has 4 rings (SSSR count). The van der Waals surface area contributed by atoms with Gasteiger partial charge in [0, 0.05) is 15.6 Å². The van der Waals surface area contributed by atoms with E-state index >= 15 is 0 Å². The smallest absolute Gasteiger partial charge is 0.160 e. The molecule has 2 nitrogen and oxygen atoms in total. The molecule has 122 valence electrons. The van der Waals surface area contributed by atoms with E-state index in [1.165, 1.54) is 5.57 Å². The maximum absolute atomic E-state index is 4.83. The summed E-state index contributed by atoms with van der Waals surface area (Å²) < 4.78 is 1.06. The van der Waals surface area contributed by atoms with Crippen LogP contribution in [0, 0.1) is 0 Å². The molecule has 0 atom stereocenters. The highest BCUT2D eigenvalue weighted by Gasteiger charge is 2.11. The minimum Gasteiger partial charge on any atom is -0.228 e. The van der Waals surface area contributed by atoms with Crippen molar-refractivity contribution in [1.29, 1.82) is 0 Å². The lowest BCUT2D eigenvalue weighted by atomic mass is 10.0. The molecule has 1 heterocycles. The summed E-state index contributed by atoms with van der Waals surface area (Å²) in [4.78, 5) is 9.65. The highest BCUT2D eigenvalue weighted by Crippen LogP contribution is 2.28. The molecule has 0 N–H and O–H groups in total. The van der Waals surface area contributed by atoms with E-state index < -0.39 is 0 Å². The van der Waals surface area contributed by atoms with Gasteiger partial charge in [0.15, 0.2) is 5.82 Å². The van der Waals surface area contributed by atoms with Gasteiger partial charge in [-0.25, -0.2) is 9.97 Å². The molecule has 0 saturated heterocycles. The summed E-state index contributed by atoms with van der Waals surface area (Å²) in [5.41, 5.74) is 5.20. The fourth-order valence-corrected chi connectivity index (χ4v) is 3.15. The van der Waals surface area contributed by atoms with Gasteiger partial charge in [-0.2, -0.15) is 0 Å². The van der Waals surface area contributed by atoms with Gasteiger partial charge in [-0.15, -0.1) is 0 Å². The van der Waals surface area contributed by atoms with Crippen molar-refractivity contribution in [2.75, 3.05) is 0 Å². The van der Waals surface area contributed by atoms with Crippen molar-refractivity contribution in [2.45, 2.75) is 12.8 Å². The minimum atomic E-state index is 0.760. The Morgan fingerprint density at radius 1 is 0.760 bits per heavy atom. The molecule has 3 aromatic rings. The predicted octanol–water partition coefficient (Wildman–Crippen LogP) is 6.31. The molecule has 0 spiro atoms. The average molecular weight is 389 g/mol. The molecule has 0 radical (unpaired) electrons. The van der Waals surface area contributed by atoms with Gasteiger partial charge in [-0.3, -0.25) is 0 Å². The second kappa shape index (κ2) is 7.16. The van der Waals surface area contributed by atoms with Gasteiger partial charge in [0.2, 0.25) is 0 Å². The van der Waals surface area contributed by atoms with Crippen LogP contribution in [0.2, 0.25) is 0 Å². The summed E-state index contributed by atoms with van der Waals surface area (Å²) in [6, 6.07) is 20.5. The van der Waals surface area contributed by atoms with Crippen LogP contribution in [0.25, 0.3) is 28.2 Å². The second-order valence-electron chi connectivity index (χ2n) is 5.97. The van der Waals surface area contributed by atoms with E-state index in [1.807, 2.05) is 30.3 Å². The molecule has 0 aliphatic heterocycles. The first-order valence-corrected chi connectivity index (χ1v) is 9.16. The molecule has 0 amide bonds. The number of halogens is 1. The minimum absolute atomic E-state index is 0.760. The molecule has 0 unspecified atom stereocenters. The number of hydrogen-bond donors (Lipinski definition) is 0. The number of hydrogen-bond acceptors (Lipinski definition) is 2. The van der Waals surface area contributed by atoms with Crippen molar-refractivity contribution < 1.29 is 0 Å². The van der Waals surface area contributed by atoms with Crippen LogP contribution in [0.15, 0.2) is 83.4 Å². The van der Waals surface area contributed by atoms with Crippen LogP contribution >= 0.6 is 15.9 Å². The number of allylic oxidation sites excluding steroid dienone is 4. The largest absolute Gasteiger partial charge is 0.228 e. The molecule has 0 bridgehead atoms. The summed E-state index contributed by atoms with van der Waals surface area (Å²) in [7, 11) is 0. The third-order valence-corrected chi connectivity index (χ3v) is 4.72. The van der Waals surface area contributed by atoms with Crippen LogP contribution in [-0.4, -0.2) is 9.97 Å². The molecule has 3 heteroatoms. The standard InChI is InChI=1S/C22H17BrN2/c23-19-13-11-17(12-14-19)21-15-20(16-7-3-1-4-8-16)24-22(25-21)18-9-5-2-6-10-18/h2-3,5-15H,1,4H2. The van der Waals surface area contributed by atoms with Crippen molar-refractivity contribution in [3.8, 4) is 22.6 Å². The Hall–Kier alpha value is -2.52. The first-order valence-electron chi connectivity index (χ1n) is 8.37. The highest BCUT2D eigenvalue weighted by atomic mass is 79.9. The van der Waals surface area contributed by atoms with E-state index in [0.29, 0.717) is 0 Å². The molecular weight excluding hydrogens is 372 g/mol. The molecule has 1 aliphatic carbocycles. The van der Waals surface area contributed by atoms with Crippen LogP contribution < -0.4 is 0 Å². The Morgan fingerprint density at radius 3 is 2.24 bits per heavy atom. The predicted molar refractivity (Wildman–Crippen MR) is 107 cm³/mol. The Balaban J connectivity index is 1.87. The van der Waals surface area contributed by atoms with Crippen molar-refractivity contribution in [3.63, 3.8) is 0 Å². The first-order chi connectivity index (χ1) is 12.3. The lowest BCUT2D eigenvalue weighted by molar-refractivity contribution is 1.03. The normalized spacial score (nSPS) is 13.6. The van der Waals surface area contributed by atoms with Gasteiger partial charge in [-0.05, 0) is 36.6 Å². The van der Waals surface area contributed by atoms with E-state index in [4.69, 9.17) is 9.97 Å². The van der Waals surface area contributed by atoms with Gasteiger partial charge in [0.1, 0.15) is 0 Å². The first kappa shape index (κ1) is 16.0. The van der Waals surface area contributed by atoms with Crippen molar-refractivity contribution >= 4 is 21.5 Å². The Kier molecular flexibility index (Phi) is 4.57. The third-order valence-electron chi connectivity index (χ3n) is 4.19. The second-order valence-corrected chi connectivity index (χ2v) is 6.89. The molecule has 2 aromatic carbocycles. The van der Waals surface area contributed by atoms with E-state index in [-0.39, 0.29) is 0 Å². The van der Waals surface area contributed by atoms with Crippen LogP contribution in [0.5, 0.6) is 0 Å². The van der Waals surface area contributed by atoms with Gasteiger partial charge in [0.05, 0.1) is 11.4 Å². The van der Waals surface area contributed by atoms with Crippen molar-refractivity contribution in [3.05, 3.63) is 89.1 Å². The highest BCUT2D eigenvalue weighted by molar-refractivity contribution is 9.10. The Morgan fingerprint density at radius 2 is 1.52 bits per heavy atom. The van der Waals surface area contributed by atoms with Crippen molar-refractivity contribution in [1.82, 2.24) is 9.97 Å². The molecule has 1 aliphatic rings. The Bertz CT molecular complexity index is 942. The van der Waals surface area contributed by atoms with Gasteiger partial charge in [-0.1, -0.05) is 76.6 Å². The lowest BCUT2D eigenvalue weighted by Gasteiger charge is -2.11. The van der Waals surface area contributed by atoms with Crippen LogP contribution in [0.4, 0.5) is 0 Å². The van der Waals surface area contributed by atoms with Crippen molar-refractivity contribution in [2.24, 2.45) is 0 Å². The van der Waals surface area contributed by atoms with Gasteiger partial charge in [0.25, 0.3) is 0 Å². The van der Waals surface area contributed by atoms with Gasteiger partial charge >= 0.3 is 0 Å². The SMILES string of the molecule is Brc1ccc(-c2cc(C3=CCCC=C3)nc(-c3ccccc3)n2)cc1. The number of benzene rings is 2. The number of nitrogens with zero attached hydrogens (tertiary/aromatic N) is 2. The summed E-state index contributed by atoms with van der Waals surface area (Å²) in [6.07, 6.45) is 8.77. The van der Waals surface area contributed by atoms with Gasteiger partial charge < -0.3 is 0 Å². The van der Waals surface area contributed by atoms with Crippen LogP contribution in [0.3, 0.4) is 0 Å². The molecule has 25 heavy (non-hydrogen) atoms. The van der Waals surface area contributed by atoms with E-state index in [1.54, 1.807) is 0 Å². The summed E-state index contributed by atoms with van der Waals surface area (Å²) in [5, 5.41) is 0. The zero-order valence-corrected chi connectivity index (χ0v) is 15.3. The summed E-state index contributed by atoms with van der Waals surface area (Å²) >= 11 is 3.50. The lowest BCUT2D eigenvalue weighted by Crippen LogP contribution is -1.98. The fourth-order valence-electron chi connectivity index (χ4n) is 2.88. The Labute approximate surface area is 156 Å². The molecule has 0 saturated carbocycles. The van der Waals surface area contributed by atoms with E-state index in [2.05, 4.69) is 64.5 Å². The topological polar surface area (TPSA) is 25.8 Å². The van der Waals surface area contributed by atoms with E-state index in [0.717, 1.165) is 45.7 Å². The molecular formula is C22H17BrN2. The third kappa shape index (κ3) is 3.62. The summed E-state index contributed by atoms with van der Waals surface area (Å²) in [5.74, 6) is 0.760. The van der Waals surface area contributed by atoms with Crippen LogP contribution in [-0.2, 0) is 0 Å². The zero-order chi connectivity index (χ0) is 17.1. The summed E-state index contributed by atoms with van der Waals surface area (Å²) in [6.45, 7) is 0. The number of rotatable bonds is 3. The number of aromatic nitrogens is 2. The maximum Gasteiger partial charge on any atom is 0.160 e. The average Bonchev–Trinajstić information content (AvgIpc) is 2.69. The quantitative estimate of drug-likeness (QED) is 0.525. The fraction of sp³-hybridized carbons (Fsp3) is 0.0909.